The highest BCUT2D eigenvalue weighted by Crippen LogP contribution is 2.31. The summed E-state index contributed by atoms with van der Waals surface area (Å²) in [4.78, 5) is 0. The molecule has 3 rings (SSSR count). The molecule has 20 heavy (non-hydrogen) atoms. The van der Waals surface area contributed by atoms with Crippen molar-refractivity contribution in [2.75, 3.05) is 5.73 Å². The molecule has 102 valence electrons. The van der Waals surface area contributed by atoms with Gasteiger partial charge in [0.25, 0.3) is 0 Å². The smallest absolute Gasteiger partial charge is 0.0568 e. The summed E-state index contributed by atoms with van der Waals surface area (Å²) in [5.41, 5.74) is 9.22. The molecule has 0 aliphatic carbocycles. The number of fused-ring (bicyclic) bond motifs is 1. The van der Waals surface area contributed by atoms with Gasteiger partial charge in [-0.25, -0.2) is 0 Å². The molecule has 1 aromatic heterocycles. The lowest BCUT2D eigenvalue weighted by atomic mass is 9.99. The first kappa shape index (κ1) is 12.7. The van der Waals surface area contributed by atoms with Crippen LogP contribution in [0.2, 0.25) is 0 Å². The van der Waals surface area contributed by atoms with Gasteiger partial charge in [0.05, 0.1) is 6.20 Å². The van der Waals surface area contributed by atoms with Gasteiger partial charge in [-0.1, -0.05) is 43.7 Å². The van der Waals surface area contributed by atoms with Crippen molar-refractivity contribution in [3.8, 4) is 11.1 Å². The predicted octanol–water partition coefficient (Wildman–Crippen LogP) is 4.09. The minimum atomic E-state index is 0.822. The summed E-state index contributed by atoms with van der Waals surface area (Å²) < 4.78 is 2.02. The van der Waals surface area contributed by atoms with E-state index < -0.39 is 0 Å². The molecule has 0 saturated heterocycles. The lowest BCUT2D eigenvalue weighted by Crippen LogP contribution is -1.96. The van der Waals surface area contributed by atoms with Gasteiger partial charge in [0, 0.05) is 29.4 Å². The van der Waals surface area contributed by atoms with E-state index in [0.29, 0.717) is 0 Å². The molecule has 2 N–H and O–H groups in total. The topological polar surface area (TPSA) is 43.8 Å². The van der Waals surface area contributed by atoms with Crippen LogP contribution in [-0.2, 0) is 6.54 Å². The third-order valence-electron chi connectivity index (χ3n) is 3.64. The Morgan fingerprint density at radius 2 is 1.90 bits per heavy atom. The van der Waals surface area contributed by atoms with E-state index in [2.05, 4.69) is 36.4 Å². The van der Waals surface area contributed by atoms with Gasteiger partial charge in [-0.2, -0.15) is 5.10 Å². The Balaban J connectivity index is 2.06. The van der Waals surface area contributed by atoms with Crippen molar-refractivity contribution in [2.45, 2.75) is 26.3 Å². The summed E-state index contributed by atoms with van der Waals surface area (Å²) in [7, 11) is 0. The van der Waals surface area contributed by atoms with Crippen LogP contribution in [0.1, 0.15) is 19.8 Å². The Hall–Kier alpha value is -2.29. The first-order valence-corrected chi connectivity index (χ1v) is 7.09. The molecule has 0 atom stereocenters. The zero-order valence-corrected chi connectivity index (χ0v) is 11.7. The summed E-state index contributed by atoms with van der Waals surface area (Å²) in [5, 5.41) is 6.73. The highest BCUT2D eigenvalue weighted by molar-refractivity contribution is 6.02. The largest absolute Gasteiger partial charge is 0.398 e. The van der Waals surface area contributed by atoms with E-state index in [1.54, 1.807) is 0 Å². The molecule has 0 aliphatic rings. The minimum Gasteiger partial charge on any atom is -0.398 e. The first-order valence-electron chi connectivity index (χ1n) is 7.09. The Labute approximate surface area is 119 Å². The maximum absolute atomic E-state index is 6.05. The van der Waals surface area contributed by atoms with Crippen LogP contribution >= 0.6 is 0 Å². The van der Waals surface area contributed by atoms with Crippen LogP contribution in [-0.4, -0.2) is 9.78 Å². The molecule has 2 aromatic carbocycles. The lowest BCUT2D eigenvalue weighted by molar-refractivity contribution is 0.572. The van der Waals surface area contributed by atoms with E-state index in [1.165, 1.54) is 17.4 Å². The van der Waals surface area contributed by atoms with Gasteiger partial charge in [0.1, 0.15) is 0 Å². The Morgan fingerprint density at radius 3 is 2.70 bits per heavy atom. The number of benzene rings is 2. The van der Waals surface area contributed by atoms with Gasteiger partial charge in [0.15, 0.2) is 0 Å². The molecule has 0 bridgehead atoms. The van der Waals surface area contributed by atoms with Crippen LogP contribution < -0.4 is 5.73 Å². The number of aryl methyl sites for hydroxylation is 1. The van der Waals surface area contributed by atoms with Gasteiger partial charge in [-0.15, -0.1) is 0 Å². The molecular weight excluding hydrogens is 246 g/mol. The third-order valence-corrected chi connectivity index (χ3v) is 3.64. The Morgan fingerprint density at radius 1 is 1.10 bits per heavy atom. The van der Waals surface area contributed by atoms with E-state index in [1.807, 2.05) is 29.1 Å². The predicted molar refractivity (Wildman–Crippen MR) is 84.5 cm³/mol. The van der Waals surface area contributed by atoms with E-state index >= 15 is 0 Å². The number of nitrogens with two attached hydrogens (primary N) is 1. The van der Waals surface area contributed by atoms with E-state index in [9.17, 15) is 0 Å². The van der Waals surface area contributed by atoms with Crippen molar-refractivity contribution in [3.63, 3.8) is 0 Å². The fourth-order valence-electron chi connectivity index (χ4n) is 2.52. The molecule has 3 heteroatoms. The summed E-state index contributed by atoms with van der Waals surface area (Å²) in [6.07, 6.45) is 6.39. The molecule has 0 amide bonds. The van der Waals surface area contributed by atoms with E-state index in [4.69, 9.17) is 5.73 Å². The maximum atomic E-state index is 6.05. The summed E-state index contributed by atoms with van der Waals surface area (Å²) in [5.74, 6) is 0. The lowest BCUT2D eigenvalue weighted by Gasteiger charge is -2.07. The zero-order valence-electron chi connectivity index (χ0n) is 11.7. The van der Waals surface area contributed by atoms with Gasteiger partial charge >= 0.3 is 0 Å². The fraction of sp³-hybridized carbons (Fsp3) is 0.235. The quantitative estimate of drug-likeness (QED) is 0.722. The summed E-state index contributed by atoms with van der Waals surface area (Å²) >= 11 is 0. The molecule has 0 radical (unpaired) electrons. The van der Waals surface area contributed by atoms with Crippen LogP contribution in [0.15, 0.2) is 48.8 Å². The molecule has 0 saturated carbocycles. The first-order chi connectivity index (χ1) is 9.79. The molecule has 0 fully saturated rings. The summed E-state index contributed by atoms with van der Waals surface area (Å²) in [6.45, 7) is 3.17. The molecule has 0 unspecified atom stereocenters. The second kappa shape index (κ2) is 5.37. The van der Waals surface area contributed by atoms with Crippen molar-refractivity contribution >= 4 is 16.5 Å². The van der Waals surface area contributed by atoms with Crippen LogP contribution in [0.3, 0.4) is 0 Å². The van der Waals surface area contributed by atoms with E-state index in [-0.39, 0.29) is 0 Å². The van der Waals surface area contributed by atoms with E-state index in [0.717, 1.165) is 29.6 Å². The molecule has 1 heterocycles. The molecular formula is C17H19N3. The van der Waals surface area contributed by atoms with Crippen LogP contribution in [0.25, 0.3) is 21.9 Å². The number of nitrogens with zero attached hydrogens (tertiary/aromatic N) is 2. The average Bonchev–Trinajstić information content (AvgIpc) is 2.94. The second-order valence-corrected chi connectivity index (χ2v) is 5.09. The van der Waals surface area contributed by atoms with Crippen molar-refractivity contribution in [2.24, 2.45) is 0 Å². The third kappa shape index (κ3) is 2.27. The van der Waals surface area contributed by atoms with Gasteiger partial charge in [-0.3, -0.25) is 4.68 Å². The van der Waals surface area contributed by atoms with Crippen molar-refractivity contribution < 1.29 is 0 Å². The second-order valence-electron chi connectivity index (χ2n) is 5.09. The minimum absolute atomic E-state index is 0.822. The van der Waals surface area contributed by atoms with Gasteiger partial charge < -0.3 is 5.73 Å². The maximum Gasteiger partial charge on any atom is 0.0568 e. The molecule has 0 aliphatic heterocycles. The number of rotatable bonds is 4. The molecule has 0 spiro atoms. The van der Waals surface area contributed by atoms with Crippen molar-refractivity contribution in [1.29, 1.82) is 0 Å². The Bertz CT molecular complexity index is 728. The van der Waals surface area contributed by atoms with Crippen molar-refractivity contribution in [1.82, 2.24) is 9.78 Å². The standard InChI is InChI=1S/C17H19N3/c1-2-3-10-20-12-13(11-19-20)14-8-9-17(18)16-7-5-4-6-15(14)16/h4-9,11-12H,2-3,10,18H2,1H3. The van der Waals surface area contributed by atoms with Gasteiger partial charge in [0.2, 0.25) is 0 Å². The van der Waals surface area contributed by atoms with Gasteiger partial charge in [-0.05, 0) is 23.4 Å². The zero-order chi connectivity index (χ0) is 13.9. The number of nitrogen functional groups attached to an aromatic ring is 1. The number of aromatic nitrogens is 2. The number of hydrogen-bond acceptors (Lipinski definition) is 2. The SMILES string of the molecule is CCCCn1cc(-c2ccc(N)c3ccccc23)cn1. The normalized spacial score (nSPS) is 11.1. The van der Waals surface area contributed by atoms with Crippen LogP contribution in [0.5, 0.6) is 0 Å². The number of anilines is 1. The van der Waals surface area contributed by atoms with Crippen molar-refractivity contribution in [3.05, 3.63) is 48.8 Å². The fourth-order valence-corrected chi connectivity index (χ4v) is 2.52. The van der Waals surface area contributed by atoms with Crippen LogP contribution in [0.4, 0.5) is 5.69 Å². The molecule has 3 nitrogen and oxygen atoms in total. The monoisotopic (exact) mass is 265 g/mol. The highest BCUT2D eigenvalue weighted by atomic mass is 15.3. The average molecular weight is 265 g/mol. The summed E-state index contributed by atoms with van der Waals surface area (Å²) in [6, 6.07) is 12.3. The molecule has 3 aromatic rings. The van der Waals surface area contributed by atoms with Crippen LogP contribution in [0, 0.1) is 0 Å². The number of unbranched alkanes of at least 4 members (excludes halogenated alkanes) is 1. The Kier molecular flexibility index (Phi) is 3.42. The highest BCUT2D eigenvalue weighted by Gasteiger charge is 2.07. The number of hydrogen-bond donors (Lipinski definition) is 1.